The second-order valence-electron chi connectivity index (χ2n) is 5.60. The van der Waals surface area contributed by atoms with Gasteiger partial charge in [0.1, 0.15) is 0 Å². The molecule has 22 heavy (non-hydrogen) atoms. The Labute approximate surface area is 130 Å². The molecule has 1 atom stereocenters. The van der Waals surface area contributed by atoms with E-state index < -0.39 is 10.0 Å². The van der Waals surface area contributed by atoms with E-state index in [1.807, 2.05) is 30.3 Å². The van der Waals surface area contributed by atoms with E-state index in [2.05, 4.69) is 15.5 Å². The number of nitrogens with zero attached hydrogens (tertiary/aromatic N) is 5. The number of benzene rings is 1. The zero-order valence-electron chi connectivity index (χ0n) is 12.5. The highest BCUT2D eigenvalue weighted by molar-refractivity contribution is 7.88. The summed E-state index contributed by atoms with van der Waals surface area (Å²) >= 11 is 0. The molecular weight excluding hydrogens is 302 g/mol. The van der Waals surface area contributed by atoms with Crippen molar-refractivity contribution in [1.29, 1.82) is 0 Å². The maximum Gasteiger partial charge on any atom is 0.218 e. The summed E-state index contributed by atoms with van der Waals surface area (Å²) in [6.07, 6.45) is 1.73. The Hall–Kier alpha value is -1.80. The number of hydrogen-bond donors (Lipinski definition) is 0. The number of aromatic nitrogens is 4. The molecule has 1 aliphatic rings. The number of hydrogen-bond acceptors (Lipinski definition) is 5. The van der Waals surface area contributed by atoms with Gasteiger partial charge in [0.25, 0.3) is 0 Å². The summed E-state index contributed by atoms with van der Waals surface area (Å²) in [5.74, 6) is 0.844. The molecule has 0 radical (unpaired) electrons. The number of tetrazole rings is 1. The van der Waals surface area contributed by atoms with Crippen molar-refractivity contribution in [2.75, 3.05) is 13.1 Å². The third-order valence-electron chi connectivity index (χ3n) is 3.99. The molecule has 0 saturated carbocycles. The zero-order chi connectivity index (χ0) is 15.6. The Morgan fingerprint density at radius 1 is 1.27 bits per heavy atom. The fourth-order valence-electron chi connectivity index (χ4n) is 2.86. The first-order chi connectivity index (χ1) is 10.6. The van der Waals surface area contributed by atoms with Crippen LogP contribution in [0.15, 0.2) is 30.3 Å². The first-order valence-electron chi connectivity index (χ1n) is 7.30. The SMILES string of the molecule is Cn1nnnc1C1CCCN(S(=O)(=O)Cc2ccccc2)C1. The van der Waals surface area contributed by atoms with Crippen molar-refractivity contribution in [1.82, 2.24) is 24.5 Å². The van der Waals surface area contributed by atoms with Gasteiger partial charge in [0.05, 0.1) is 5.75 Å². The Morgan fingerprint density at radius 3 is 2.73 bits per heavy atom. The molecule has 1 saturated heterocycles. The molecule has 7 nitrogen and oxygen atoms in total. The lowest BCUT2D eigenvalue weighted by Gasteiger charge is -2.31. The van der Waals surface area contributed by atoms with E-state index in [9.17, 15) is 8.42 Å². The molecule has 1 aliphatic heterocycles. The minimum absolute atomic E-state index is 0.0393. The van der Waals surface area contributed by atoms with Gasteiger partial charge in [0.2, 0.25) is 10.0 Å². The summed E-state index contributed by atoms with van der Waals surface area (Å²) in [5.41, 5.74) is 0.810. The fourth-order valence-corrected chi connectivity index (χ4v) is 4.47. The molecule has 1 aromatic carbocycles. The molecule has 2 heterocycles. The van der Waals surface area contributed by atoms with Gasteiger partial charge in [0, 0.05) is 26.1 Å². The number of piperidine rings is 1. The largest absolute Gasteiger partial charge is 0.232 e. The zero-order valence-corrected chi connectivity index (χ0v) is 13.3. The van der Waals surface area contributed by atoms with Crippen molar-refractivity contribution in [3.63, 3.8) is 0 Å². The van der Waals surface area contributed by atoms with Crippen LogP contribution in [0.5, 0.6) is 0 Å². The highest BCUT2D eigenvalue weighted by Gasteiger charge is 2.31. The van der Waals surface area contributed by atoms with Gasteiger partial charge in [-0.2, -0.15) is 0 Å². The van der Waals surface area contributed by atoms with Crippen LogP contribution in [-0.2, 0) is 22.8 Å². The van der Waals surface area contributed by atoms with Crippen LogP contribution in [0.1, 0.15) is 30.1 Å². The summed E-state index contributed by atoms with van der Waals surface area (Å²) < 4.78 is 28.4. The van der Waals surface area contributed by atoms with Gasteiger partial charge in [-0.3, -0.25) is 0 Å². The Bertz CT molecular complexity index is 729. The summed E-state index contributed by atoms with van der Waals surface area (Å²) in [6.45, 7) is 1.01. The van der Waals surface area contributed by atoms with Crippen LogP contribution in [0, 0.1) is 0 Å². The van der Waals surface area contributed by atoms with Gasteiger partial charge in [-0.15, -0.1) is 5.10 Å². The van der Waals surface area contributed by atoms with E-state index in [-0.39, 0.29) is 11.7 Å². The molecule has 0 N–H and O–H groups in total. The van der Waals surface area contributed by atoms with Crippen LogP contribution in [0.3, 0.4) is 0 Å². The molecule has 0 spiro atoms. The summed E-state index contributed by atoms with van der Waals surface area (Å²) in [7, 11) is -1.53. The first kappa shape index (κ1) is 15.1. The van der Waals surface area contributed by atoms with Gasteiger partial charge < -0.3 is 0 Å². The normalized spacial score (nSPS) is 20.1. The maximum atomic E-state index is 12.6. The predicted octanol–water partition coefficient (Wildman–Crippen LogP) is 0.919. The standard InChI is InChI=1S/C14H19N5O2S/c1-18-14(15-16-17-18)13-8-5-9-19(10-13)22(20,21)11-12-6-3-2-4-7-12/h2-4,6-7,13H,5,8-11H2,1H3. The topological polar surface area (TPSA) is 81.0 Å². The quantitative estimate of drug-likeness (QED) is 0.836. The monoisotopic (exact) mass is 321 g/mol. The molecular formula is C14H19N5O2S. The van der Waals surface area contributed by atoms with Gasteiger partial charge in [-0.1, -0.05) is 30.3 Å². The van der Waals surface area contributed by atoms with Gasteiger partial charge in [-0.25, -0.2) is 17.4 Å². The second-order valence-corrected chi connectivity index (χ2v) is 7.57. The maximum absolute atomic E-state index is 12.6. The third kappa shape index (κ3) is 3.17. The van der Waals surface area contributed by atoms with E-state index >= 15 is 0 Å². The lowest BCUT2D eigenvalue weighted by Crippen LogP contribution is -2.40. The molecule has 3 rings (SSSR count). The lowest BCUT2D eigenvalue weighted by atomic mass is 9.99. The average Bonchev–Trinajstić information content (AvgIpc) is 2.94. The first-order valence-corrected chi connectivity index (χ1v) is 8.91. The molecule has 0 bridgehead atoms. The van der Waals surface area contributed by atoms with Crippen molar-refractivity contribution in [3.8, 4) is 0 Å². The van der Waals surface area contributed by atoms with E-state index in [1.54, 1.807) is 16.0 Å². The van der Waals surface area contributed by atoms with Crippen molar-refractivity contribution in [3.05, 3.63) is 41.7 Å². The van der Waals surface area contributed by atoms with Gasteiger partial charge in [-0.05, 0) is 28.8 Å². The fraction of sp³-hybridized carbons (Fsp3) is 0.500. The van der Waals surface area contributed by atoms with Crippen LogP contribution >= 0.6 is 0 Å². The Morgan fingerprint density at radius 2 is 2.05 bits per heavy atom. The molecule has 1 fully saturated rings. The second kappa shape index (κ2) is 6.13. The predicted molar refractivity (Wildman–Crippen MR) is 81.4 cm³/mol. The Kier molecular flexibility index (Phi) is 4.21. The molecule has 1 aromatic heterocycles. The molecule has 0 aliphatic carbocycles. The minimum Gasteiger partial charge on any atom is -0.232 e. The van der Waals surface area contributed by atoms with Crippen LogP contribution in [0.25, 0.3) is 0 Å². The number of rotatable bonds is 4. The van der Waals surface area contributed by atoms with Crippen LogP contribution in [0.4, 0.5) is 0 Å². The van der Waals surface area contributed by atoms with E-state index in [4.69, 9.17) is 0 Å². The summed E-state index contributed by atoms with van der Waals surface area (Å²) in [6, 6.07) is 9.27. The van der Waals surface area contributed by atoms with E-state index in [1.165, 1.54) is 0 Å². The van der Waals surface area contributed by atoms with Crippen LogP contribution in [0.2, 0.25) is 0 Å². The van der Waals surface area contributed by atoms with Crippen LogP contribution in [-0.4, -0.2) is 46.0 Å². The molecule has 2 aromatic rings. The average molecular weight is 321 g/mol. The molecule has 118 valence electrons. The molecule has 0 amide bonds. The number of aryl methyl sites for hydroxylation is 1. The van der Waals surface area contributed by atoms with E-state index in [0.29, 0.717) is 13.1 Å². The van der Waals surface area contributed by atoms with Crippen molar-refractivity contribution in [2.24, 2.45) is 7.05 Å². The molecule has 8 heteroatoms. The van der Waals surface area contributed by atoms with Crippen molar-refractivity contribution in [2.45, 2.75) is 24.5 Å². The summed E-state index contributed by atoms with van der Waals surface area (Å²) in [4.78, 5) is 0. The minimum atomic E-state index is -3.32. The number of sulfonamides is 1. The lowest BCUT2D eigenvalue weighted by molar-refractivity contribution is 0.304. The highest BCUT2D eigenvalue weighted by Crippen LogP contribution is 2.27. The highest BCUT2D eigenvalue weighted by atomic mass is 32.2. The van der Waals surface area contributed by atoms with E-state index in [0.717, 1.165) is 24.2 Å². The van der Waals surface area contributed by atoms with Gasteiger partial charge >= 0.3 is 0 Å². The molecule has 1 unspecified atom stereocenters. The van der Waals surface area contributed by atoms with Gasteiger partial charge in [0.15, 0.2) is 5.82 Å². The van der Waals surface area contributed by atoms with Crippen molar-refractivity contribution < 1.29 is 8.42 Å². The third-order valence-corrected chi connectivity index (χ3v) is 5.80. The van der Waals surface area contributed by atoms with Crippen LogP contribution < -0.4 is 0 Å². The van der Waals surface area contributed by atoms with Crippen molar-refractivity contribution >= 4 is 10.0 Å². The Balaban J connectivity index is 1.75. The smallest absolute Gasteiger partial charge is 0.218 e. The summed E-state index contributed by atoms with van der Waals surface area (Å²) in [5, 5.41) is 11.5.